The maximum Gasteiger partial charge on any atom is 0.323 e. The number of fused-ring (bicyclic) bond motifs is 1. The summed E-state index contributed by atoms with van der Waals surface area (Å²) in [7, 11) is 0. The number of nitrogens with zero attached hydrogens (tertiary/aromatic N) is 1. The van der Waals surface area contributed by atoms with Crippen molar-refractivity contribution in [2.75, 3.05) is 19.7 Å². The predicted molar refractivity (Wildman–Crippen MR) is 133 cm³/mol. The number of carboxylic acid groups (broad SMARTS) is 1. The second kappa shape index (κ2) is 10.3. The lowest BCUT2D eigenvalue weighted by Gasteiger charge is -2.24. The largest absolute Gasteiger partial charge is 0.492 e. The highest BCUT2D eigenvalue weighted by Crippen LogP contribution is 2.37. The standard InChI is InChI=1S/C27H26BrNO5/c1-27(16-19-7-10-22(28)11-8-19)17-21-15-20(9-12-24(21)34-27)26(32)29(18-25(30)31)13-14-33-23-5-3-2-4-6-23/h2-12,15H,13-14,16-18H2,1H3,(H,30,31)/t27-/m1/s1. The van der Waals surface area contributed by atoms with Gasteiger partial charge in [-0.3, -0.25) is 9.59 Å². The summed E-state index contributed by atoms with van der Waals surface area (Å²) >= 11 is 3.46. The van der Waals surface area contributed by atoms with Gasteiger partial charge < -0.3 is 19.5 Å². The topological polar surface area (TPSA) is 76.1 Å². The number of ether oxygens (including phenoxy) is 2. The van der Waals surface area contributed by atoms with Crippen LogP contribution in [-0.4, -0.2) is 47.2 Å². The molecule has 6 nitrogen and oxygen atoms in total. The van der Waals surface area contributed by atoms with Gasteiger partial charge in [0.05, 0.1) is 6.54 Å². The molecule has 0 bridgehead atoms. The Morgan fingerprint density at radius 3 is 2.53 bits per heavy atom. The third-order valence-corrected chi connectivity index (χ3v) is 6.23. The molecule has 4 rings (SSSR count). The molecule has 1 amide bonds. The van der Waals surface area contributed by atoms with E-state index < -0.39 is 18.1 Å². The second-order valence-corrected chi connectivity index (χ2v) is 9.55. The Morgan fingerprint density at radius 2 is 1.82 bits per heavy atom. The van der Waals surface area contributed by atoms with Crippen molar-refractivity contribution < 1.29 is 24.2 Å². The van der Waals surface area contributed by atoms with Gasteiger partial charge in [-0.05, 0) is 60.5 Å². The summed E-state index contributed by atoms with van der Waals surface area (Å²) in [4.78, 5) is 25.9. The van der Waals surface area contributed by atoms with Gasteiger partial charge in [-0.1, -0.05) is 46.3 Å². The van der Waals surface area contributed by atoms with E-state index in [0.717, 1.165) is 22.2 Å². The van der Waals surface area contributed by atoms with Crippen LogP contribution in [0.5, 0.6) is 11.5 Å². The Kier molecular flexibility index (Phi) is 7.22. The van der Waals surface area contributed by atoms with Gasteiger partial charge in [-0.15, -0.1) is 0 Å². The summed E-state index contributed by atoms with van der Waals surface area (Å²) in [6.07, 6.45) is 1.40. The van der Waals surface area contributed by atoms with Crippen LogP contribution in [0.2, 0.25) is 0 Å². The lowest BCUT2D eigenvalue weighted by atomic mass is 9.91. The van der Waals surface area contributed by atoms with Crippen LogP contribution in [0.25, 0.3) is 0 Å². The van der Waals surface area contributed by atoms with Crippen molar-refractivity contribution in [2.45, 2.75) is 25.4 Å². The van der Waals surface area contributed by atoms with Crippen LogP contribution in [0.15, 0.2) is 77.3 Å². The molecule has 1 aliphatic heterocycles. The minimum absolute atomic E-state index is 0.162. The molecule has 0 fully saturated rings. The minimum Gasteiger partial charge on any atom is -0.492 e. The van der Waals surface area contributed by atoms with E-state index >= 15 is 0 Å². The van der Waals surface area contributed by atoms with Gasteiger partial charge >= 0.3 is 5.97 Å². The first-order valence-electron chi connectivity index (χ1n) is 11.1. The molecule has 3 aromatic carbocycles. The molecule has 0 unspecified atom stereocenters. The number of carboxylic acids is 1. The van der Waals surface area contributed by atoms with Crippen molar-refractivity contribution in [3.05, 3.63) is 94.0 Å². The van der Waals surface area contributed by atoms with E-state index in [-0.39, 0.29) is 19.1 Å². The molecule has 3 aromatic rings. The normalized spacial score (nSPS) is 16.4. The molecule has 0 saturated heterocycles. The number of halogens is 1. The Labute approximate surface area is 207 Å². The molecule has 1 atom stereocenters. The monoisotopic (exact) mass is 523 g/mol. The first kappa shape index (κ1) is 23.8. The molecular weight excluding hydrogens is 498 g/mol. The molecule has 1 N–H and O–H groups in total. The highest BCUT2D eigenvalue weighted by atomic mass is 79.9. The van der Waals surface area contributed by atoms with Gasteiger partial charge in [0, 0.05) is 22.9 Å². The summed E-state index contributed by atoms with van der Waals surface area (Å²) in [5, 5.41) is 9.32. The molecule has 0 aromatic heterocycles. The average molecular weight is 524 g/mol. The first-order valence-corrected chi connectivity index (χ1v) is 11.9. The molecule has 0 aliphatic carbocycles. The number of carbonyl (C=O) groups excluding carboxylic acids is 1. The maximum absolute atomic E-state index is 13.2. The third kappa shape index (κ3) is 5.97. The molecule has 7 heteroatoms. The fourth-order valence-electron chi connectivity index (χ4n) is 4.18. The quantitative estimate of drug-likeness (QED) is 0.427. The highest BCUT2D eigenvalue weighted by Gasteiger charge is 2.35. The van der Waals surface area contributed by atoms with Crippen LogP contribution in [0.3, 0.4) is 0 Å². The van der Waals surface area contributed by atoms with Gasteiger partial charge in [-0.2, -0.15) is 0 Å². The van der Waals surface area contributed by atoms with Crippen LogP contribution in [-0.2, 0) is 17.6 Å². The smallest absolute Gasteiger partial charge is 0.323 e. The zero-order valence-electron chi connectivity index (χ0n) is 18.9. The fourth-order valence-corrected chi connectivity index (χ4v) is 4.44. The van der Waals surface area contributed by atoms with Gasteiger partial charge in [-0.25, -0.2) is 0 Å². The molecule has 0 spiro atoms. The van der Waals surface area contributed by atoms with Crippen LogP contribution in [0.4, 0.5) is 0 Å². The predicted octanol–water partition coefficient (Wildman–Crippen LogP) is 4.99. The number of carbonyl (C=O) groups is 2. The van der Waals surface area contributed by atoms with Gasteiger partial charge in [0.2, 0.25) is 0 Å². The van der Waals surface area contributed by atoms with Crippen LogP contribution in [0.1, 0.15) is 28.4 Å². The molecule has 34 heavy (non-hydrogen) atoms. The van der Waals surface area contributed by atoms with Crippen molar-refractivity contribution in [3.8, 4) is 11.5 Å². The van der Waals surface area contributed by atoms with Crippen LogP contribution in [0, 0.1) is 0 Å². The third-order valence-electron chi connectivity index (χ3n) is 5.71. The lowest BCUT2D eigenvalue weighted by Crippen LogP contribution is -2.38. The van der Waals surface area contributed by atoms with Crippen molar-refractivity contribution in [2.24, 2.45) is 0 Å². The molecule has 1 aliphatic rings. The Balaban J connectivity index is 1.44. The number of para-hydroxylation sites is 1. The number of rotatable bonds is 9. The fraction of sp³-hybridized carbons (Fsp3) is 0.259. The van der Waals surface area contributed by atoms with E-state index in [1.807, 2.05) is 48.5 Å². The summed E-state index contributed by atoms with van der Waals surface area (Å²) in [5.74, 6) is 0.0151. The van der Waals surface area contributed by atoms with Gasteiger partial charge in [0.15, 0.2) is 0 Å². The number of amides is 1. The van der Waals surface area contributed by atoms with Crippen LogP contribution >= 0.6 is 15.9 Å². The Bertz CT molecular complexity index is 1170. The Morgan fingerprint density at radius 1 is 1.09 bits per heavy atom. The van der Waals surface area contributed by atoms with Crippen molar-refractivity contribution in [3.63, 3.8) is 0 Å². The molecule has 1 heterocycles. The van der Waals surface area contributed by atoms with Crippen molar-refractivity contribution in [1.82, 2.24) is 4.90 Å². The van der Waals surface area contributed by atoms with E-state index in [0.29, 0.717) is 17.7 Å². The number of hydrogen-bond acceptors (Lipinski definition) is 4. The van der Waals surface area contributed by atoms with E-state index in [1.54, 1.807) is 12.1 Å². The van der Waals surface area contributed by atoms with Gasteiger partial charge in [0.1, 0.15) is 30.3 Å². The average Bonchev–Trinajstić information content (AvgIpc) is 3.15. The number of aliphatic carboxylic acids is 1. The van der Waals surface area contributed by atoms with E-state index in [4.69, 9.17) is 9.47 Å². The van der Waals surface area contributed by atoms with E-state index in [9.17, 15) is 14.7 Å². The second-order valence-electron chi connectivity index (χ2n) is 8.64. The zero-order chi connectivity index (χ0) is 24.1. The first-order chi connectivity index (χ1) is 16.3. The zero-order valence-corrected chi connectivity index (χ0v) is 20.5. The summed E-state index contributed by atoms with van der Waals surface area (Å²) in [6.45, 7) is 2.03. The van der Waals surface area contributed by atoms with E-state index in [2.05, 4.69) is 35.0 Å². The number of benzene rings is 3. The number of hydrogen-bond donors (Lipinski definition) is 1. The summed E-state index contributed by atoms with van der Waals surface area (Å²) < 4.78 is 12.9. The lowest BCUT2D eigenvalue weighted by molar-refractivity contribution is -0.137. The highest BCUT2D eigenvalue weighted by molar-refractivity contribution is 9.10. The molecular formula is C27H26BrNO5. The maximum atomic E-state index is 13.2. The molecule has 0 radical (unpaired) electrons. The SMILES string of the molecule is C[C@@]1(Cc2ccc(Br)cc2)Cc2cc(C(=O)N(CCOc3ccccc3)CC(=O)O)ccc2O1. The minimum atomic E-state index is -1.07. The van der Waals surface area contributed by atoms with Crippen LogP contribution < -0.4 is 9.47 Å². The van der Waals surface area contributed by atoms with Crippen molar-refractivity contribution >= 4 is 27.8 Å². The summed E-state index contributed by atoms with van der Waals surface area (Å²) in [5.41, 5.74) is 2.14. The summed E-state index contributed by atoms with van der Waals surface area (Å²) in [6, 6.07) is 22.7. The van der Waals surface area contributed by atoms with Gasteiger partial charge in [0.25, 0.3) is 5.91 Å². The molecule has 176 valence electrons. The molecule has 0 saturated carbocycles. The Hall–Kier alpha value is -3.32. The van der Waals surface area contributed by atoms with Crippen molar-refractivity contribution in [1.29, 1.82) is 0 Å². The van der Waals surface area contributed by atoms with E-state index in [1.165, 1.54) is 10.5 Å².